The van der Waals surface area contributed by atoms with Crippen LogP contribution >= 0.6 is 24.0 Å². The van der Waals surface area contributed by atoms with Crippen LogP contribution in [0, 0.1) is 5.92 Å². The van der Waals surface area contributed by atoms with Crippen molar-refractivity contribution >= 4 is 29.9 Å². The minimum Gasteiger partial charge on any atom is -0.357 e. The fourth-order valence-corrected chi connectivity index (χ4v) is 3.04. The van der Waals surface area contributed by atoms with Crippen LogP contribution < -0.4 is 5.32 Å². The number of hydrogen-bond acceptors (Lipinski definition) is 2. The molecule has 1 N–H and O–H groups in total. The zero-order chi connectivity index (χ0) is 15.8. The monoisotopic (exact) mass is 430 g/mol. The average Bonchev–Trinajstić information content (AvgIpc) is 2.52. The molecule has 0 amide bonds. The number of likely N-dealkylation sites (tertiary alicyclic amines) is 1. The molecular weight excluding hydrogens is 399 g/mol. The summed E-state index contributed by atoms with van der Waals surface area (Å²) in [5, 5.41) is 3.42. The molecule has 1 fully saturated rings. The number of nitrogens with zero attached hydrogens (tertiary/aromatic N) is 3. The molecule has 1 aliphatic heterocycles. The molecule has 1 saturated heterocycles. The van der Waals surface area contributed by atoms with Gasteiger partial charge in [-0.05, 0) is 44.8 Å². The first-order valence-electron chi connectivity index (χ1n) is 8.41. The average molecular weight is 430 g/mol. The van der Waals surface area contributed by atoms with E-state index in [2.05, 4.69) is 66.5 Å². The fraction of sp³-hybridized carbons (Fsp3) is 0.611. The molecule has 23 heavy (non-hydrogen) atoms. The smallest absolute Gasteiger partial charge is 0.193 e. The second kappa shape index (κ2) is 10.9. The van der Waals surface area contributed by atoms with Gasteiger partial charge < -0.3 is 15.1 Å². The van der Waals surface area contributed by atoms with Crippen molar-refractivity contribution in [1.82, 2.24) is 15.1 Å². The first kappa shape index (κ1) is 20.2. The lowest BCUT2D eigenvalue weighted by molar-refractivity contribution is 0.214. The number of nitrogens with one attached hydrogen (secondary N) is 1. The van der Waals surface area contributed by atoms with Crippen LogP contribution in [0.5, 0.6) is 0 Å². The summed E-state index contributed by atoms with van der Waals surface area (Å²) in [6, 6.07) is 10.6. The normalized spacial score (nSPS) is 19.1. The van der Waals surface area contributed by atoms with Gasteiger partial charge in [0, 0.05) is 33.2 Å². The van der Waals surface area contributed by atoms with E-state index >= 15 is 0 Å². The Morgan fingerprint density at radius 2 is 2.09 bits per heavy atom. The van der Waals surface area contributed by atoms with E-state index in [4.69, 9.17) is 4.99 Å². The Bertz CT molecular complexity index is 463. The molecule has 1 heterocycles. The first-order chi connectivity index (χ1) is 10.7. The Kier molecular flexibility index (Phi) is 9.55. The highest BCUT2D eigenvalue weighted by Gasteiger charge is 2.17. The van der Waals surface area contributed by atoms with Gasteiger partial charge in [-0.1, -0.05) is 30.3 Å². The van der Waals surface area contributed by atoms with Gasteiger partial charge in [0.15, 0.2) is 5.96 Å². The Hall–Kier alpha value is -0.820. The lowest BCUT2D eigenvalue weighted by Crippen LogP contribution is -2.39. The SMILES string of the molecule is CCNC(=NCC1CCCN(C)C1)N(C)Cc1ccccc1.I. The van der Waals surface area contributed by atoms with Gasteiger partial charge in [0.2, 0.25) is 0 Å². The van der Waals surface area contributed by atoms with E-state index in [1.807, 2.05) is 0 Å². The summed E-state index contributed by atoms with van der Waals surface area (Å²) in [4.78, 5) is 9.51. The van der Waals surface area contributed by atoms with E-state index < -0.39 is 0 Å². The van der Waals surface area contributed by atoms with Gasteiger partial charge in [-0.2, -0.15) is 0 Å². The predicted octanol–water partition coefficient (Wildman–Crippen LogP) is 3.04. The second-order valence-electron chi connectivity index (χ2n) is 6.31. The van der Waals surface area contributed by atoms with Crippen molar-refractivity contribution in [2.75, 3.05) is 40.3 Å². The molecule has 1 unspecified atom stereocenters. The number of guanidine groups is 1. The van der Waals surface area contributed by atoms with Crippen LogP contribution in [0.25, 0.3) is 0 Å². The molecule has 1 aromatic carbocycles. The molecule has 4 nitrogen and oxygen atoms in total. The van der Waals surface area contributed by atoms with Crippen LogP contribution in [-0.4, -0.2) is 56.0 Å². The highest BCUT2D eigenvalue weighted by molar-refractivity contribution is 14.0. The molecule has 0 aliphatic carbocycles. The van der Waals surface area contributed by atoms with E-state index in [1.54, 1.807) is 0 Å². The van der Waals surface area contributed by atoms with Crippen molar-refractivity contribution in [3.63, 3.8) is 0 Å². The molecule has 0 aromatic heterocycles. The van der Waals surface area contributed by atoms with E-state index in [0.29, 0.717) is 5.92 Å². The molecule has 1 aromatic rings. The summed E-state index contributed by atoms with van der Waals surface area (Å²) in [5.41, 5.74) is 1.31. The third-order valence-electron chi connectivity index (χ3n) is 4.18. The number of halogens is 1. The summed E-state index contributed by atoms with van der Waals surface area (Å²) in [7, 11) is 4.32. The Morgan fingerprint density at radius 1 is 1.35 bits per heavy atom. The van der Waals surface area contributed by atoms with Gasteiger partial charge >= 0.3 is 0 Å². The van der Waals surface area contributed by atoms with Crippen molar-refractivity contribution in [2.45, 2.75) is 26.3 Å². The van der Waals surface area contributed by atoms with Crippen LogP contribution in [0.4, 0.5) is 0 Å². The highest BCUT2D eigenvalue weighted by atomic mass is 127. The Morgan fingerprint density at radius 3 is 2.74 bits per heavy atom. The minimum atomic E-state index is 0. The molecule has 0 radical (unpaired) electrons. The van der Waals surface area contributed by atoms with Crippen LogP contribution in [0.3, 0.4) is 0 Å². The topological polar surface area (TPSA) is 30.9 Å². The summed E-state index contributed by atoms with van der Waals surface area (Å²) in [6.07, 6.45) is 2.60. The van der Waals surface area contributed by atoms with Gasteiger partial charge in [0.1, 0.15) is 0 Å². The molecule has 1 aliphatic rings. The Labute approximate surface area is 158 Å². The van der Waals surface area contributed by atoms with E-state index in [9.17, 15) is 0 Å². The van der Waals surface area contributed by atoms with E-state index in [-0.39, 0.29) is 24.0 Å². The van der Waals surface area contributed by atoms with Crippen molar-refractivity contribution in [1.29, 1.82) is 0 Å². The first-order valence-corrected chi connectivity index (χ1v) is 8.41. The molecule has 1 atom stereocenters. The number of hydrogen-bond donors (Lipinski definition) is 1. The molecule has 0 saturated carbocycles. The maximum atomic E-state index is 4.87. The second-order valence-corrected chi connectivity index (χ2v) is 6.31. The number of aliphatic imine (C=N–C) groups is 1. The van der Waals surface area contributed by atoms with E-state index in [1.165, 1.54) is 31.5 Å². The zero-order valence-corrected chi connectivity index (χ0v) is 17.0. The predicted molar refractivity (Wildman–Crippen MR) is 110 cm³/mol. The molecule has 2 rings (SSSR count). The van der Waals surface area contributed by atoms with Gasteiger partial charge in [-0.15, -0.1) is 24.0 Å². The lowest BCUT2D eigenvalue weighted by atomic mass is 9.99. The summed E-state index contributed by atoms with van der Waals surface area (Å²) >= 11 is 0. The van der Waals surface area contributed by atoms with E-state index in [0.717, 1.165) is 25.6 Å². The quantitative estimate of drug-likeness (QED) is 0.443. The molecule has 0 spiro atoms. The summed E-state index contributed by atoms with van der Waals surface area (Å²) < 4.78 is 0. The number of piperidine rings is 1. The standard InChI is InChI=1S/C18H30N4.HI/c1-4-19-18(20-13-17-11-8-12-21(2)14-17)22(3)15-16-9-6-5-7-10-16;/h5-7,9-10,17H,4,8,11-15H2,1-3H3,(H,19,20);1H. The Balaban J connectivity index is 0.00000264. The maximum absolute atomic E-state index is 4.87. The minimum absolute atomic E-state index is 0. The zero-order valence-electron chi connectivity index (χ0n) is 14.7. The van der Waals surface area contributed by atoms with Crippen LogP contribution in [0.2, 0.25) is 0 Å². The van der Waals surface area contributed by atoms with Crippen molar-refractivity contribution in [3.8, 4) is 0 Å². The molecule has 5 heteroatoms. The van der Waals surface area contributed by atoms with Crippen LogP contribution in [0.15, 0.2) is 35.3 Å². The van der Waals surface area contributed by atoms with Gasteiger partial charge in [-0.3, -0.25) is 4.99 Å². The van der Waals surface area contributed by atoms with Gasteiger partial charge in [0.25, 0.3) is 0 Å². The van der Waals surface area contributed by atoms with Crippen molar-refractivity contribution < 1.29 is 0 Å². The largest absolute Gasteiger partial charge is 0.357 e. The van der Waals surface area contributed by atoms with Crippen molar-refractivity contribution in [2.24, 2.45) is 10.9 Å². The van der Waals surface area contributed by atoms with Gasteiger partial charge in [0.05, 0.1) is 0 Å². The third kappa shape index (κ3) is 7.08. The number of benzene rings is 1. The summed E-state index contributed by atoms with van der Waals surface area (Å²) in [5.74, 6) is 1.71. The maximum Gasteiger partial charge on any atom is 0.193 e. The number of rotatable bonds is 5. The van der Waals surface area contributed by atoms with Crippen LogP contribution in [0.1, 0.15) is 25.3 Å². The highest BCUT2D eigenvalue weighted by Crippen LogP contribution is 2.15. The molecule has 0 bridgehead atoms. The summed E-state index contributed by atoms with van der Waals surface area (Å²) in [6.45, 7) is 7.24. The fourth-order valence-electron chi connectivity index (χ4n) is 3.04. The third-order valence-corrected chi connectivity index (χ3v) is 4.18. The molecule has 130 valence electrons. The molecular formula is C18H31IN4. The van der Waals surface area contributed by atoms with Crippen molar-refractivity contribution in [3.05, 3.63) is 35.9 Å². The van der Waals surface area contributed by atoms with Gasteiger partial charge in [-0.25, -0.2) is 0 Å². The lowest BCUT2D eigenvalue weighted by Gasteiger charge is -2.29. The van der Waals surface area contributed by atoms with Crippen LogP contribution in [-0.2, 0) is 6.54 Å².